The van der Waals surface area contributed by atoms with Crippen molar-refractivity contribution < 1.29 is 4.79 Å². The molecule has 6 nitrogen and oxygen atoms in total. The Balaban J connectivity index is 1.65. The Hall–Kier alpha value is -1.57. The van der Waals surface area contributed by atoms with Gasteiger partial charge in [0.05, 0.1) is 11.4 Å². The van der Waals surface area contributed by atoms with Crippen LogP contribution in [0.5, 0.6) is 0 Å². The van der Waals surface area contributed by atoms with Crippen molar-refractivity contribution in [1.29, 1.82) is 0 Å². The molecule has 2 heterocycles. The summed E-state index contributed by atoms with van der Waals surface area (Å²) >= 11 is 7.60. The van der Waals surface area contributed by atoms with E-state index in [1.165, 1.54) is 11.8 Å². The monoisotopic (exact) mass is 365 g/mol. The summed E-state index contributed by atoms with van der Waals surface area (Å²) in [5.74, 6) is 0.506. The quantitative estimate of drug-likeness (QED) is 0.776. The van der Waals surface area contributed by atoms with Crippen LogP contribution in [-0.2, 0) is 4.79 Å². The summed E-state index contributed by atoms with van der Waals surface area (Å²) in [5, 5.41) is 9.49. The highest BCUT2D eigenvalue weighted by Crippen LogP contribution is 2.24. The number of carbonyl (C=O) groups is 1. The van der Waals surface area contributed by atoms with Gasteiger partial charge in [0.1, 0.15) is 6.33 Å². The van der Waals surface area contributed by atoms with Crippen LogP contribution in [0, 0.1) is 6.92 Å². The first-order chi connectivity index (χ1) is 11.5. The molecular weight excluding hydrogens is 346 g/mol. The second-order valence-corrected chi connectivity index (χ2v) is 7.24. The third kappa shape index (κ3) is 3.91. The molecule has 8 heteroatoms. The van der Waals surface area contributed by atoms with Crippen LogP contribution in [0.3, 0.4) is 0 Å². The van der Waals surface area contributed by atoms with E-state index in [2.05, 4.69) is 22.1 Å². The minimum atomic E-state index is 0.143. The van der Waals surface area contributed by atoms with Crippen molar-refractivity contribution in [2.45, 2.75) is 12.1 Å². The van der Waals surface area contributed by atoms with Gasteiger partial charge in [-0.3, -0.25) is 9.36 Å². The first kappa shape index (κ1) is 17.3. The van der Waals surface area contributed by atoms with E-state index in [0.717, 1.165) is 37.4 Å². The molecule has 0 atom stereocenters. The number of carbonyl (C=O) groups excluding carboxylic acids is 1. The number of likely N-dealkylation sites (N-methyl/N-ethyl adjacent to an activating group) is 1. The molecule has 1 aromatic heterocycles. The maximum atomic E-state index is 12.4. The third-order valence-corrected chi connectivity index (χ3v) is 5.47. The lowest BCUT2D eigenvalue weighted by atomic mass is 10.2. The molecule has 0 radical (unpaired) electrons. The second kappa shape index (κ2) is 7.55. The van der Waals surface area contributed by atoms with E-state index < -0.39 is 0 Å². The summed E-state index contributed by atoms with van der Waals surface area (Å²) in [7, 11) is 2.08. The van der Waals surface area contributed by atoms with E-state index in [0.29, 0.717) is 15.9 Å². The Morgan fingerprint density at radius 2 is 2.04 bits per heavy atom. The number of aryl methyl sites for hydroxylation is 1. The zero-order chi connectivity index (χ0) is 17.1. The first-order valence-electron chi connectivity index (χ1n) is 7.80. The highest BCUT2D eigenvalue weighted by atomic mass is 35.5. The lowest BCUT2D eigenvalue weighted by molar-refractivity contribution is -0.129. The van der Waals surface area contributed by atoms with Gasteiger partial charge in [-0.25, -0.2) is 0 Å². The average Bonchev–Trinajstić information content (AvgIpc) is 3.04. The molecule has 0 bridgehead atoms. The van der Waals surface area contributed by atoms with Crippen LogP contribution in [0.15, 0.2) is 29.7 Å². The minimum Gasteiger partial charge on any atom is -0.339 e. The Kier molecular flexibility index (Phi) is 5.43. The lowest BCUT2D eigenvalue weighted by Gasteiger charge is -2.32. The van der Waals surface area contributed by atoms with Gasteiger partial charge in [-0.2, -0.15) is 0 Å². The summed E-state index contributed by atoms with van der Waals surface area (Å²) in [4.78, 5) is 16.5. The van der Waals surface area contributed by atoms with Crippen LogP contribution in [-0.4, -0.2) is 69.5 Å². The fraction of sp³-hybridized carbons (Fsp3) is 0.438. The molecule has 0 unspecified atom stereocenters. The maximum Gasteiger partial charge on any atom is 0.233 e. The predicted octanol–water partition coefficient (Wildman–Crippen LogP) is 2.10. The van der Waals surface area contributed by atoms with Gasteiger partial charge in [-0.1, -0.05) is 29.4 Å². The average molecular weight is 366 g/mol. The summed E-state index contributed by atoms with van der Waals surface area (Å²) in [5.41, 5.74) is 1.91. The molecule has 1 aromatic carbocycles. The topological polar surface area (TPSA) is 54.3 Å². The van der Waals surface area contributed by atoms with E-state index in [-0.39, 0.29) is 5.91 Å². The molecule has 1 aliphatic rings. The fourth-order valence-corrected chi connectivity index (χ4v) is 3.51. The molecule has 24 heavy (non-hydrogen) atoms. The first-order valence-corrected chi connectivity index (χ1v) is 9.16. The second-order valence-electron chi connectivity index (χ2n) is 5.89. The Labute approximate surface area is 150 Å². The smallest absolute Gasteiger partial charge is 0.233 e. The number of hydrogen-bond donors (Lipinski definition) is 0. The van der Waals surface area contributed by atoms with E-state index in [9.17, 15) is 4.79 Å². The van der Waals surface area contributed by atoms with Gasteiger partial charge in [0.2, 0.25) is 5.91 Å². The van der Waals surface area contributed by atoms with Crippen LogP contribution in [0.4, 0.5) is 0 Å². The molecule has 128 valence electrons. The molecule has 0 N–H and O–H groups in total. The van der Waals surface area contributed by atoms with Crippen LogP contribution in [0.25, 0.3) is 5.69 Å². The maximum absolute atomic E-state index is 12.4. The highest BCUT2D eigenvalue weighted by molar-refractivity contribution is 7.99. The van der Waals surface area contributed by atoms with Crippen LogP contribution < -0.4 is 0 Å². The van der Waals surface area contributed by atoms with E-state index >= 15 is 0 Å². The van der Waals surface area contributed by atoms with Crippen molar-refractivity contribution in [3.8, 4) is 5.69 Å². The summed E-state index contributed by atoms with van der Waals surface area (Å²) in [6.45, 7) is 5.39. The molecule has 0 aliphatic carbocycles. The Morgan fingerprint density at radius 3 is 2.75 bits per heavy atom. The number of nitrogens with zero attached hydrogens (tertiary/aromatic N) is 5. The lowest BCUT2D eigenvalue weighted by Crippen LogP contribution is -2.47. The van der Waals surface area contributed by atoms with Crippen LogP contribution in [0.2, 0.25) is 5.02 Å². The molecule has 1 fully saturated rings. The predicted molar refractivity (Wildman–Crippen MR) is 95.9 cm³/mol. The molecule has 1 amide bonds. The van der Waals surface area contributed by atoms with Gasteiger partial charge < -0.3 is 9.80 Å². The molecule has 0 spiro atoms. The van der Waals surface area contributed by atoms with Gasteiger partial charge in [0, 0.05) is 31.2 Å². The van der Waals surface area contributed by atoms with Crippen molar-refractivity contribution in [1.82, 2.24) is 24.6 Å². The largest absolute Gasteiger partial charge is 0.339 e. The van der Waals surface area contributed by atoms with E-state index in [4.69, 9.17) is 11.6 Å². The fourth-order valence-electron chi connectivity index (χ4n) is 2.50. The normalized spacial score (nSPS) is 15.7. The van der Waals surface area contributed by atoms with Crippen LogP contribution >= 0.6 is 23.4 Å². The van der Waals surface area contributed by atoms with Gasteiger partial charge in [-0.15, -0.1) is 10.2 Å². The molecule has 2 aromatic rings. The number of hydrogen-bond acceptors (Lipinski definition) is 5. The zero-order valence-electron chi connectivity index (χ0n) is 13.8. The Morgan fingerprint density at radius 1 is 1.29 bits per heavy atom. The van der Waals surface area contributed by atoms with E-state index in [1.54, 1.807) is 6.33 Å². The number of thioether (sulfide) groups is 1. The summed E-state index contributed by atoms with van der Waals surface area (Å²) in [6.07, 6.45) is 1.64. The molecular formula is C16H20ClN5OS. The number of piperazine rings is 1. The van der Waals surface area contributed by atoms with E-state index in [1.807, 2.05) is 34.6 Å². The zero-order valence-corrected chi connectivity index (χ0v) is 15.3. The van der Waals surface area contributed by atoms with Gasteiger partial charge >= 0.3 is 0 Å². The number of aromatic nitrogens is 3. The third-order valence-electron chi connectivity index (χ3n) is 4.13. The number of halogens is 1. The summed E-state index contributed by atoms with van der Waals surface area (Å²) < 4.78 is 1.85. The highest BCUT2D eigenvalue weighted by Gasteiger charge is 2.20. The number of rotatable bonds is 4. The standard InChI is InChI=1S/C16H20ClN5OS/c1-12-3-4-13(9-14(12)17)22-11-18-19-16(22)24-10-15(23)21-7-5-20(2)6-8-21/h3-4,9,11H,5-8,10H2,1-2H3. The van der Waals surface area contributed by atoms with Gasteiger partial charge in [0.25, 0.3) is 0 Å². The van der Waals surface area contributed by atoms with Crippen molar-refractivity contribution in [2.24, 2.45) is 0 Å². The summed E-state index contributed by atoms with van der Waals surface area (Å²) in [6, 6.07) is 5.81. The van der Waals surface area contributed by atoms with Crippen LogP contribution in [0.1, 0.15) is 5.56 Å². The van der Waals surface area contributed by atoms with Crippen molar-refractivity contribution in [3.63, 3.8) is 0 Å². The van der Waals surface area contributed by atoms with Gasteiger partial charge in [-0.05, 0) is 31.7 Å². The van der Waals surface area contributed by atoms with Crippen molar-refractivity contribution >= 4 is 29.3 Å². The number of benzene rings is 1. The Bertz CT molecular complexity index is 727. The molecule has 1 saturated heterocycles. The minimum absolute atomic E-state index is 0.143. The molecule has 0 saturated carbocycles. The van der Waals surface area contributed by atoms with Crippen molar-refractivity contribution in [2.75, 3.05) is 39.0 Å². The molecule has 3 rings (SSSR count). The number of amides is 1. The molecule has 1 aliphatic heterocycles. The van der Waals surface area contributed by atoms with Crippen molar-refractivity contribution in [3.05, 3.63) is 35.1 Å². The van der Waals surface area contributed by atoms with Gasteiger partial charge in [0.15, 0.2) is 5.16 Å². The SMILES string of the molecule is Cc1ccc(-n2cnnc2SCC(=O)N2CCN(C)CC2)cc1Cl.